The van der Waals surface area contributed by atoms with Gasteiger partial charge in [0.25, 0.3) is 0 Å². The number of nitrogens with zero attached hydrogens (tertiary/aromatic N) is 1. The SMILES string of the molecule is CNS(=O)(=O)c1cc(CC2CCN(P)C(C)(C)C(C)(C)C2)c2occc2c1. The Morgan fingerprint density at radius 2 is 2.00 bits per heavy atom. The standard InChI is InChI=1S/C20H31N2O3PS/c1-19(2)13-14(6-8-22(26)20(19,3)4)10-16-12-17(27(23,24)21-5)11-15-7-9-25-18(15)16/h7,9,11-12,14,21H,6,8,10,13,26H2,1-5H3. The van der Waals surface area contributed by atoms with Crippen molar-refractivity contribution in [2.75, 3.05) is 13.6 Å². The first-order valence-corrected chi connectivity index (χ1v) is 11.4. The largest absolute Gasteiger partial charge is 0.464 e. The summed E-state index contributed by atoms with van der Waals surface area (Å²) < 4.78 is 35.2. The topological polar surface area (TPSA) is 62.6 Å². The highest BCUT2D eigenvalue weighted by Gasteiger charge is 2.43. The van der Waals surface area contributed by atoms with Crippen LogP contribution in [0.25, 0.3) is 11.0 Å². The summed E-state index contributed by atoms with van der Waals surface area (Å²) in [5, 5.41) is 0.835. The van der Waals surface area contributed by atoms with E-state index in [4.69, 9.17) is 4.42 Å². The fourth-order valence-corrected chi connectivity index (χ4v) is 5.41. The molecule has 1 aromatic carbocycles. The number of furan rings is 1. The number of benzene rings is 1. The van der Waals surface area contributed by atoms with Gasteiger partial charge < -0.3 is 4.42 Å². The molecule has 2 aromatic rings. The van der Waals surface area contributed by atoms with Crippen molar-refractivity contribution in [1.82, 2.24) is 9.39 Å². The van der Waals surface area contributed by atoms with E-state index in [1.54, 1.807) is 18.4 Å². The maximum Gasteiger partial charge on any atom is 0.240 e. The Morgan fingerprint density at radius 3 is 2.67 bits per heavy atom. The summed E-state index contributed by atoms with van der Waals surface area (Å²) in [5.41, 5.74) is 1.98. The third-order valence-corrected chi connectivity index (χ3v) is 8.94. The second-order valence-corrected chi connectivity index (χ2v) is 11.3. The molecule has 1 N–H and O–H groups in total. The third kappa shape index (κ3) is 3.82. The van der Waals surface area contributed by atoms with Crippen molar-refractivity contribution in [2.24, 2.45) is 11.3 Å². The highest BCUT2D eigenvalue weighted by Crippen LogP contribution is 2.46. The summed E-state index contributed by atoms with van der Waals surface area (Å²) in [6, 6.07) is 5.29. The van der Waals surface area contributed by atoms with Gasteiger partial charge in [0.1, 0.15) is 5.58 Å². The maximum atomic E-state index is 12.3. The van der Waals surface area contributed by atoms with Gasteiger partial charge in [-0.2, -0.15) is 0 Å². The smallest absolute Gasteiger partial charge is 0.240 e. The van der Waals surface area contributed by atoms with E-state index >= 15 is 0 Å². The summed E-state index contributed by atoms with van der Waals surface area (Å²) in [6.45, 7) is 10.3. The van der Waals surface area contributed by atoms with E-state index in [2.05, 4.69) is 46.5 Å². The average molecular weight is 411 g/mol. The highest BCUT2D eigenvalue weighted by molar-refractivity contribution is 7.89. The Kier molecular flexibility index (Phi) is 5.50. The van der Waals surface area contributed by atoms with Gasteiger partial charge in [0.15, 0.2) is 0 Å². The van der Waals surface area contributed by atoms with Crippen molar-refractivity contribution in [3.8, 4) is 0 Å². The predicted octanol–water partition coefficient (Wildman–Crippen LogP) is 4.19. The third-order valence-electron chi connectivity index (χ3n) is 6.64. The van der Waals surface area contributed by atoms with E-state index < -0.39 is 10.0 Å². The number of rotatable bonds is 4. The molecule has 0 aliphatic carbocycles. The van der Waals surface area contributed by atoms with Crippen LogP contribution in [-0.2, 0) is 16.4 Å². The zero-order valence-electron chi connectivity index (χ0n) is 16.9. The van der Waals surface area contributed by atoms with Crippen LogP contribution in [0.4, 0.5) is 0 Å². The maximum absolute atomic E-state index is 12.3. The normalized spacial score (nSPS) is 23.4. The summed E-state index contributed by atoms with van der Waals surface area (Å²) in [4.78, 5) is 0.301. The van der Waals surface area contributed by atoms with E-state index in [1.165, 1.54) is 7.05 Å². The number of hydrogen-bond acceptors (Lipinski definition) is 4. The minimum Gasteiger partial charge on any atom is -0.464 e. The lowest BCUT2D eigenvalue weighted by atomic mass is 9.69. The van der Waals surface area contributed by atoms with Crippen molar-refractivity contribution in [3.05, 3.63) is 30.0 Å². The van der Waals surface area contributed by atoms with E-state index in [1.807, 2.05) is 6.07 Å². The molecule has 0 spiro atoms. The fourth-order valence-electron chi connectivity index (χ4n) is 4.10. The van der Waals surface area contributed by atoms with Crippen LogP contribution in [0.2, 0.25) is 0 Å². The van der Waals surface area contributed by atoms with Crippen LogP contribution >= 0.6 is 9.39 Å². The first kappa shape index (κ1) is 20.8. The molecular formula is C20H31N2O3PS. The van der Waals surface area contributed by atoms with Crippen LogP contribution in [0, 0.1) is 11.3 Å². The van der Waals surface area contributed by atoms with Gasteiger partial charge in [-0.1, -0.05) is 23.2 Å². The minimum absolute atomic E-state index is 0.0732. The van der Waals surface area contributed by atoms with Gasteiger partial charge >= 0.3 is 0 Å². The molecule has 1 saturated heterocycles. The first-order valence-electron chi connectivity index (χ1n) is 9.44. The van der Waals surface area contributed by atoms with Crippen LogP contribution in [0.1, 0.15) is 46.1 Å². The molecular weight excluding hydrogens is 379 g/mol. The Labute approximate surface area is 165 Å². The molecule has 2 unspecified atom stereocenters. The monoisotopic (exact) mass is 410 g/mol. The molecule has 5 nitrogen and oxygen atoms in total. The van der Waals surface area contributed by atoms with Gasteiger partial charge in [0.2, 0.25) is 10.0 Å². The van der Waals surface area contributed by atoms with Gasteiger partial charge in [-0.3, -0.25) is 4.67 Å². The lowest BCUT2D eigenvalue weighted by Gasteiger charge is -2.46. The van der Waals surface area contributed by atoms with Crippen molar-refractivity contribution in [1.29, 1.82) is 0 Å². The Hall–Kier alpha value is -0.940. The van der Waals surface area contributed by atoms with Gasteiger partial charge in [-0.15, -0.1) is 0 Å². The van der Waals surface area contributed by atoms with E-state index in [0.717, 1.165) is 42.3 Å². The average Bonchev–Trinajstić information content (AvgIpc) is 3.05. The van der Waals surface area contributed by atoms with Crippen LogP contribution in [0.5, 0.6) is 0 Å². The molecule has 7 heteroatoms. The quantitative estimate of drug-likeness (QED) is 0.768. The van der Waals surface area contributed by atoms with E-state index in [-0.39, 0.29) is 11.0 Å². The highest BCUT2D eigenvalue weighted by atomic mass is 32.2. The zero-order valence-corrected chi connectivity index (χ0v) is 18.8. The van der Waals surface area contributed by atoms with Gasteiger partial charge in [-0.05, 0) is 75.3 Å². The molecule has 0 bridgehead atoms. The molecule has 2 atom stereocenters. The molecule has 27 heavy (non-hydrogen) atoms. The van der Waals surface area contributed by atoms with Crippen LogP contribution in [0.3, 0.4) is 0 Å². The minimum atomic E-state index is -3.49. The number of hydrogen-bond donors (Lipinski definition) is 1. The summed E-state index contributed by atoms with van der Waals surface area (Å²) in [7, 11) is 0.844. The van der Waals surface area contributed by atoms with Crippen molar-refractivity contribution in [3.63, 3.8) is 0 Å². The lowest BCUT2D eigenvalue weighted by Crippen LogP contribution is -2.48. The van der Waals surface area contributed by atoms with Gasteiger partial charge in [0, 0.05) is 17.5 Å². The number of nitrogens with one attached hydrogen (secondary N) is 1. The molecule has 0 radical (unpaired) electrons. The molecule has 150 valence electrons. The molecule has 1 fully saturated rings. The second-order valence-electron chi connectivity index (χ2n) is 8.83. The van der Waals surface area contributed by atoms with Gasteiger partial charge in [-0.25, -0.2) is 13.1 Å². The second kappa shape index (κ2) is 7.14. The van der Waals surface area contributed by atoms with Crippen LogP contribution < -0.4 is 4.72 Å². The molecule has 0 saturated carbocycles. The number of sulfonamides is 1. The van der Waals surface area contributed by atoms with Gasteiger partial charge in [0.05, 0.1) is 11.2 Å². The zero-order chi connectivity index (χ0) is 20.0. The Balaban J connectivity index is 1.98. The van der Waals surface area contributed by atoms with Crippen LogP contribution in [0.15, 0.2) is 33.8 Å². The first-order chi connectivity index (χ1) is 12.5. The van der Waals surface area contributed by atoms with E-state index in [0.29, 0.717) is 10.8 Å². The summed E-state index contributed by atoms with van der Waals surface area (Å²) in [6.07, 6.45) is 4.60. The molecule has 1 aromatic heterocycles. The Bertz CT molecular complexity index is 934. The number of fused-ring (bicyclic) bond motifs is 1. The molecule has 0 amide bonds. The summed E-state index contributed by atoms with van der Waals surface area (Å²) in [5.74, 6) is 0.464. The molecule has 1 aliphatic heterocycles. The van der Waals surface area contributed by atoms with Crippen LogP contribution in [-0.4, -0.2) is 32.2 Å². The molecule has 1 aliphatic rings. The van der Waals surface area contributed by atoms with Crippen molar-refractivity contribution < 1.29 is 12.8 Å². The lowest BCUT2D eigenvalue weighted by molar-refractivity contribution is 0.0856. The van der Waals surface area contributed by atoms with Crippen molar-refractivity contribution >= 4 is 30.4 Å². The molecule has 3 rings (SSSR count). The fraction of sp³-hybridized carbons (Fsp3) is 0.600. The Morgan fingerprint density at radius 1 is 1.30 bits per heavy atom. The summed E-state index contributed by atoms with van der Waals surface area (Å²) >= 11 is 0. The molecule has 2 heterocycles. The van der Waals surface area contributed by atoms with E-state index in [9.17, 15) is 8.42 Å². The van der Waals surface area contributed by atoms with Crippen molar-refractivity contribution in [2.45, 2.75) is 57.4 Å². The predicted molar refractivity (Wildman–Crippen MR) is 113 cm³/mol.